The van der Waals surface area contributed by atoms with E-state index in [1.54, 1.807) is 53.4 Å². The first-order chi connectivity index (χ1) is 15.9. The van der Waals surface area contributed by atoms with E-state index in [1.165, 1.54) is 17.0 Å². The maximum atomic E-state index is 13.4. The smallest absolute Gasteiger partial charge is 0.256 e. The average Bonchev–Trinajstić information content (AvgIpc) is 3.04. The molecule has 1 N–H and O–H groups in total. The maximum absolute atomic E-state index is 13.4. The molecular weight excluding hydrogens is 461 g/mol. The van der Waals surface area contributed by atoms with Gasteiger partial charge in [0.15, 0.2) is 5.11 Å². The summed E-state index contributed by atoms with van der Waals surface area (Å²) in [5.41, 5.74) is 2.16. The number of hydrogen-bond acceptors (Lipinski definition) is 3. The van der Waals surface area contributed by atoms with Gasteiger partial charge in [-0.05, 0) is 72.7 Å². The van der Waals surface area contributed by atoms with Crippen LogP contribution in [0.2, 0.25) is 5.02 Å². The molecule has 3 aromatic rings. The molecule has 5 nitrogen and oxygen atoms in total. The Hall–Kier alpha value is -3.29. The summed E-state index contributed by atoms with van der Waals surface area (Å²) in [5.74, 6) is -0.866. The zero-order valence-electron chi connectivity index (χ0n) is 17.6. The van der Waals surface area contributed by atoms with E-state index in [-0.39, 0.29) is 24.1 Å². The molecule has 1 aliphatic rings. The van der Waals surface area contributed by atoms with Crippen LogP contribution in [-0.2, 0) is 16.0 Å². The van der Waals surface area contributed by atoms with Gasteiger partial charge in [-0.3, -0.25) is 14.5 Å². The van der Waals surface area contributed by atoms with Crippen molar-refractivity contribution in [2.45, 2.75) is 18.9 Å². The Bertz CT molecular complexity index is 1160. The lowest BCUT2D eigenvalue weighted by Gasteiger charge is -2.24. The van der Waals surface area contributed by atoms with Gasteiger partial charge >= 0.3 is 0 Å². The van der Waals surface area contributed by atoms with Gasteiger partial charge in [0.1, 0.15) is 11.9 Å². The minimum Gasteiger partial charge on any atom is -0.336 e. The van der Waals surface area contributed by atoms with Crippen molar-refractivity contribution in [3.05, 3.63) is 95.3 Å². The monoisotopic (exact) mass is 481 g/mol. The summed E-state index contributed by atoms with van der Waals surface area (Å²) in [6.45, 7) is 0.415. The van der Waals surface area contributed by atoms with Crippen molar-refractivity contribution < 1.29 is 14.0 Å². The molecule has 4 rings (SSSR count). The topological polar surface area (TPSA) is 52.7 Å². The van der Waals surface area contributed by atoms with Crippen molar-refractivity contribution in [2.24, 2.45) is 0 Å². The molecule has 0 radical (unpaired) electrons. The van der Waals surface area contributed by atoms with E-state index >= 15 is 0 Å². The third-order valence-electron chi connectivity index (χ3n) is 5.39. The highest BCUT2D eigenvalue weighted by molar-refractivity contribution is 7.80. The molecule has 0 spiro atoms. The molecule has 1 atom stereocenters. The molecule has 0 unspecified atom stereocenters. The largest absolute Gasteiger partial charge is 0.336 e. The van der Waals surface area contributed by atoms with Crippen LogP contribution < -0.4 is 10.2 Å². The predicted octanol–water partition coefficient (Wildman–Crippen LogP) is 5.05. The van der Waals surface area contributed by atoms with Crippen LogP contribution in [0.1, 0.15) is 12.0 Å². The number of benzene rings is 3. The number of nitrogens with one attached hydrogen (secondary N) is 1. The van der Waals surface area contributed by atoms with Crippen molar-refractivity contribution >= 4 is 52.1 Å². The third kappa shape index (κ3) is 5.38. The second-order valence-electron chi connectivity index (χ2n) is 7.64. The van der Waals surface area contributed by atoms with E-state index in [2.05, 4.69) is 5.32 Å². The highest BCUT2D eigenvalue weighted by Gasteiger charge is 2.43. The summed E-state index contributed by atoms with van der Waals surface area (Å²) in [5, 5.41) is 3.72. The molecule has 1 aliphatic heterocycles. The SMILES string of the molecule is O=C(C[C@H]1C(=O)N(c2ccccc2)C(=S)N1CCc1ccc(F)cc1)Nc1ccc(Cl)cc1. The minimum absolute atomic E-state index is 0.0612. The first kappa shape index (κ1) is 22.9. The van der Waals surface area contributed by atoms with Crippen molar-refractivity contribution in [3.63, 3.8) is 0 Å². The standard InChI is InChI=1S/C25H21ClFN3O2S/c26-18-8-12-20(13-9-18)28-23(31)16-22-24(32)30(21-4-2-1-3-5-21)25(33)29(22)15-14-17-6-10-19(27)11-7-17/h1-13,22H,14-16H2,(H,28,31)/t22-/m0/s1. The van der Waals surface area contributed by atoms with Crippen LogP contribution in [0.4, 0.5) is 15.8 Å². The lowest BCUT2D eigenvalue weighted by Crippen LogP contribution is -2.39. The number of rotatable bonds is 7. The lowest BCUT2D eigenvalue weighted by atomic mass is 10.1. The summed E-state index contributed by atoms with van der Waals surface area (Å²) in [4.78, 5) is 29.4. The van der Waals surface area contributed by atoms with Crippen LogP contribution in [0.5, 0.6) is 0 Å². The molecule has 33 heavy (non-hydrogen) atoms. The minimum atomic E-state index is -0.745. The number of carbonyl (C=O) groups is 2. The maximum Gasteiger partial charge on any atom is 0.256 e. The molecule has 1 fully saturated rings. The number of carbonyl (C=O) groups excluding carboxylic acids is 2. The van der Waals surface area contributed by atoms with E-state index < -0.39 is 6.04 Å². The van der Waals surface area contributed by atoms with Crippen LogP contribution in [-0.4, -0.2) is 34.4 Å². The van der Waals surface area contributed by atoms with Gasteiger partial charge in [0, 0.05) is 17.3 Å². The number of nitrogens with zero attached hydrogens (tertiary/aromatic N) is 2. The Morgan fingerprint density at radius 1 is 1.00 bits per heavy atom. The van der Waals surface area contributed by atoms with Gasteiger partial charge in [0.25, 0.3) is 5.91 Å². The number of amides is 2. The van der Waals surface area contributed by atoms with Gasteiger partial charge in [-0.25, -0.2) is 4.39 Å². The Kier molecular flexibility index (Phi) is 7.01. The molecular formula is C25H21ClFN3O2S. The molecule has 8 heteroatoms. The third-order valence-corrected chi connectivity index (χ3v) is 6.06. The lowest BCUT2D eigenvalue weighted by molar-refractivity contribution is -0.124. The quantitative estimate of drug-likeness (QED) is 0.480. The molecule has 0 saturated carbocycles. The number of thiocarbonyl (C=S) groups is 1. The zero-order chi connectivity index (χ0) is 23.4. The molecule has 3 aromatic carbocycles. The Labute approximate surface area is 201 Å². The van der Waals surface area contributed by atoms with E-state index in [0.717, 1.165) is 5.56 Å². The van der Waals surface area contributed by atoms with Gasteiger partial charge in [-0.1, -0.05) is 41.9 Å². The second kappa shape index (κ2) is 10.1. The van der Waals surface area contributed by atoms with Crippen molar-refractivity contribution in [3.8, 4) is 0 Å². The Morgan fingerprint density at radius 3 is 2.33 bits per heavy atom. The van der Waals surface area contributed by atoms with Gasteiger partial charge in [0.2, 0.25) is 5.91 Å². The normalized spacial score (nSPS) is 15.8. The van der Waals surface area contributed by atoms with Crippen LogP contribution in [0, 0.1) is 5.82 Å². The highest BCUT2D eigenvalue weighted by Crippen LogP contribution is 2.27. The summed E-state index contributed by atoms with van der Waals surface area (Å²) >= 11 is 11.6. The molecule has 0 bridgehead atoms. The molecule has 0 aliphatic carbocycles. The zero-order valence-corrected chi connectivity index (χ0v) is 19.2. The van der Waals surface area contributed by atoms with E-state index in [1.807, 2.05) is 18.2 Å². The van der Waals surface area contributed by atoms with Crippen LogP contribution in [0.25, 0.3) is 0 Å². The number of halogens is 2. The number of para-hydroxylation sites is 1. The first-order valence-corrected chi connectivity index (χ1v) is 11.2. The van der Waals surface area contributed by atoms with Gasteiger partial charge < -0.3 is 10.2 Å². The Morgan fingerprint density at radius 2 is 1.67 bits per heavy atom. The predicted molar refractivity (Wildman–Crippen MR) is 132 cm³/mol. The number of anilines is 2. The van der Waals surface area contributed by atoms with Crippen molar-refractivity contribution in [1.29, 1.82) is 0 Å². The van der Waals surface area contributed by atoms with Crippen LogP contribution >= 0.6 is 23.8 Å². The second-order valence-corrected chi connectivity index (χ2v) is 8.44. The summed E-state index contributed by atoms with van der Waals surface area (Å²) in [6.07, 6.45) is 0.486. The molecule has 2 amide bonds. The summed E-state index contributed by atoms with van der Waals surface area (Å²) in [6, 6.07) is 21.3. The first-order valence-electron chi connectivity index (χ1n) is 10.4. The highest BCUT2D eigenvalue weighted by atomic mass is 35.5. The molecule has 1 saturated heterocycles. The fourth-order valence-corrected chi connectivity index (χ4v) is 4.26. The van der Waals surface area contributed by atoms with Crippen molar-refractivity contribution in [1.82, 2.24) is 4.90 Å². The van der Waals surface area contributed by atoms with Crippen molar-refractivity contribution in [2.75, 3.05) is 16.8 Å². The average molecular weight is 482 g/mol. The van der Waals surface area contributed by atoms with E-state index in [9.17, 15) is 14.0 Å². The number of hydrogen-bond donors (Lipinski definition) is 1. The molecule has 1 heterocycles. The Balaban J connectivity index is 1.54. The fraction of sp³-hybridized carbons (Fsp3) is 0.160. The van der Waals surface area contributed by atoms with Gasteiger partial charge in [0.05, 0.1) is 12.1 Å². The summed E-state index contributed by atoms with van der Waals surface area (Å²) < 4.78 is 13.3. The van der Waals surface area contributed by atoms with Crippen LogP contribution in [0.15, 0.2) is 78.9 Å². The van der Waals surface area contributed by atoms with E-state index in [4.69, 9.17) is 23.8 Å². The van der Waals surface area contributed by atoms with Gasteiger partial charge in [-0.2, -0.15) is 0 Å². The van der Waals surface area contributed by atoms with E-state index in [0.29, 0.717) is 34.5 Å². The molecule has 168 valence electrons. The van der Waals surface area contributed by atoms with Gasteiger partial charge in [-0.15, -0.1) is 0 Å². The summed E-state index contributed by atoms with van der Waals surface area (Å²) in [7, 11) is 0. The fourth-order valence-electron chi connectivity index (χ4n) is 3.72. The molecule has 0 aromatic heterocycles. The van der Waals surface area contributed by atoms with Crippen LogP contribution in [0.3, 0.4) is 0 Å².